The lowest BCUT2D eigenvalue weighted by molar-refractivity contribution is -0.126. The van der Waals surface area contributed by atoms with E-state index in [0.29, 0.717) is 26.1 Å². The van der Waals surface area contributed by atoms with E-state index in [2.05, 4.69) is 11.4 Å². The van der Waals surface area contributed by atoms with E-state index >= 15 is 0 Å². The number of amides is 2. The van der Waals surface area contributed by atoms with Crippen molar-refractivity contribution in [3.8, 4) is 5.75 Å². The summed E-state index contributed by atoms with van der Waals surface area (Å²) in [4.78, 5) is 26.4. The average molecular weight is 376 g/mol. The Balaban J connectivity index is 1.85. The van der Waals surface area contributed by atoms with E-state index in [1.54, 1.807) is 12.0 Å². The third-order valence-corrected chi connectivity index (χ3v) is 4.57. The Labute approximate surface area is 162 Å². The molecular formula is C21H32N2O4. The van der Waals surface area contributed by atoms with Gasteiger partial charge in [-0.2, -0.15) is 0 Å². The molecule has 1 aliphatic rings. The van der Waals surface area contributed by atoms with Crippen LogP contribution < -0.4 is 10.1 Å². The second-order valence-corrected chi connectivity index (χ2v) is 8.12. The Morgan fingerprint density at radius 1 is 1.30 bits per heavy atom. The third-order valence-electron chi connectivity index (χ3n) is 4.57. The first-order chi connectivity index (χ1) is 12.7. The number of likely N-dealkylation sites (tertiary alicyclic amines) is 1. The number of carbonyl (C=O) groups excluding carboxylic acids is 2. The van der Waals surface area contributed by atoms with Gasteiger partial charge >= 0.3 is 6.09 Å². The maximum atomic E-state index is 12.5. The number of piperidine rings is 1. The molecule has 1 aromatic rings. The van der Waals surface area contributed by atoms with Crippen LogP contribution >= 0.6 is 0 Å². The lowest BCUT2D eigenvalue weighted by atomic mass is 9.97. The van der Waals surface area contributed by atoms with Crippen LogP contribution in [-0.2, 0) is 16.0 Å². The summed E-state index contributed by atoms with van der Waals surface area (Å²) in [6.45, 7) is 9.17. The van der Waals surface area contributed by atoms with Crippen LogP contribution in [-0.4, -0.2) is 49.2 Å². The molecular weight excluding hydrogens is 344 g/mol. The van der Waals surface area contributed by atoms with Crippen molar-refractivity contribution in [2.45, 2.75) is 52.6 Å². The Hall–Kier alpha value is -2.24. The SMILES string of the molecule is COc1ccc(C)cc1CCNC(=O)[C@@H]1CCCN(C(=O)OC(C)(C)C)C1. The van der Waals surface area contributed by atoms with Gasteiger partial charge < -0.3 is 19.7 Å². The second kappa shape index (κ2) is 9.11. The number of rotatable bonds is 5. The fourth-order valence-corrected chi connectivity index (χ4v) is 3.25. The smallest absolute Gasteiger partial charge is 0.410 e. The zero-order chi connectivity index (χ0) is 20.0. The van der Waals surface area contributed by atoms with E-state index in [0.717, 1.165) is 29.7 Å². The lowest BCUT2D eigenvalue weighted by Crippen LogP contribution is -2.47. The normalized spacial score (nSPS) is 17.4. The van der Waals surface area contributed by atoms with E-state index in [9.17, 15) is 9.59 Å². The lowest BCUT2D eigenvalue weighted by Gasteiger charge is -2.33. The molecule has 1 heterocycles. The summed E-state index contributed by atoms with van der Waals surface area (Å²) in [5, 5.41) is 3.01. The van der Waals surface area contributed by atoms with Crippen molar-refractivity contribution in [3.63, 3.8) is 0 Å². The van der Waals surface area contributed by atoms with Crippen LogP contribution in [0.5, 0.6) is 5.75 Å². The minimum Gasteiger partial charge on any atom is -0.496 e. The van der Waals surface area contributed by atoms with Crippen LogP contribution in [0.3, 0.4) is 0 Å². The van der Waals surface area contributed by atoms with E-state index in [-0.39, 0.29) is 17.9 Å². The first kappa shape index (κ1) is 21.1. The van der Waals surface area contributed by atoms with Gasteiger partial charge in [0.05, 0.1) is 13.0 Å². The van der Waals surface area contributed by atoms with Crippen molar-refractivity contribution in [1.29, 1.82) is 0 Å². The summed E-state index contributed by atoms with van der Waals surface area (Å²) < 4.78 is 10.8. The Morgan fingerprint density at radius 3 is 2.70 bits per heavy atom. The van der Waals surface area contributed by atoms with Gasteiger partial charge in [-0.3, -0.25) is 4.79 Å². The standard InChI is InChI=1S/C21H32N2O4/c1-15-8-9-18(26-5)16(13-15)10-11-22-19(24)17-7-6-12-23(14-17)20(25)27-21(2,3)4/h8-9,13,17H,6-7,10-12,14H2,1-5H3,(H,22,24)/t17-/m1/s1. The van der Waals surface area contributed by atoms with Crippen LogP contribution in [0.2, 0.25) is 0 Å². The molecule has 1 aromatic carbocycles. The number of benzene rings is 1. The molecule has 2 rings (SSSR count). The van der Waals surface area contributed by atoms with E-state index < -0.39 is 5.60 Å². The van der Waals surface area contributed by atoms with Crippen molar-refractivity contribution < 1.29 is 19.1 Å². The predicted molar refractivity (Wildman–Crippen MR) is 105 cm³/mol. The number of aryl methyl sites for hydroxylation is 1. The molecule has 0 aliphatic carbocycles. The van der Waals surface area contributed by atoms with Crippen LogP contribution in [0.15, 0.2) is 18.2 Å². The number of methoxy groups -OCH3 is 1. The fourth-order valence-electron chi connectivity index (χ4n) is 3.25. The van der Waals surface area contributed by atoms with Gasteiger partial charge in [-0.15, -0.1) is 0 Å². The highest BCUT2D eigenvalue weighted by Crippen LogP contribution is 2.21. The summed E-state index contributed by atoms with van der Waals surface area (Å²) in [6, 6.07) is 6.04. The van der Waals surface area contributed by atoms with E-state index in [1.807, 2.05) is 39.8 Å². The fraction of sp³-hybridized carbons (Fsp3) is 0.619. The molecule has 1 fully saturated rings. The molecule has 6 heteroatoms. The Morgan fingerprint density at radius 2 is 2.04 bits per heavy atom. The largest absolute Gasteiger partial charge is 0.496 e. The van der Waals surface area contributed by atoms with Crippen molar-refractivity contribution in [1.82, 2.24) is 10.2 Å². The second-order valence-electron chi connectivity index (χ2n) is 8.12. The maximum Gasteiger partial charge on any atom is 0.410 e. The summed E-state index contributed by atoms with van der Waals surface area (Å²) in [5.41, 5.74) is 1.72. The van der Waals surface area contributed by atoms with Gasteiger partial charge in [0.25, 0.3) is 0 Å². The van der Waals surface area contributed by atoms with Gasteiger partial charge in [0.2, 0.25) is 5.91 Å². The number of carbonyl (C=O) groups is 2. The number of nitrogens with zero attached hydrogens (tertiary/aromatic N) is 1. The van der Waals surface area contributed by atoms with Crippen molar-refractivity contribution in [2.75, 3.05) is 26.7 Å². The van der Waals surface area contributed by atoms with Crippen molar-refractivity contribution in [3.05, 3.63) is 29.3 Å². The zero-order valence-corrected chi connectivity index (χ0v) is 17.1. The van der Waals surface area contributed by atoms with Gasteiger partial charge in [-0.05, 0) is 58.6 Å². The van der Waals surface area contributed by atoms with Crippen molar-refractivity contribution >= 4 is 12.0 Å². The molecule has 1 saturated heterocycles. The first-order valence-corrected chi connectivity index (χ1v) is 9.59. The van der Waals surface area contributed by atoms with Gasteiger partial charge in [-0.25, -0.2) is 4.79 Å². The van der Waals surface area contributed by atoms with E-state index in [1.165, 1.54) is 0 Å². The average Bonchev–Trinajstić information content (AvgIpc) is 2.60. The molecule has 0 spiro atoms. The Kier molecular flexibility index (Phi) is 7.11. The number of hydrogen-bond donors (Lipinski definition) is 1. The van der Waals surface area contributed by atoms with Gasteiger partial charge in [0, 0.05) is 19.6 Å². The quantitative estimate of drug-likeness (QED) is 0.856. The molecule has 6 nitrogen and oxygen atoms in total. The van der Waals surface area contributed by atoms with E-state index in [4.69, 9.17) is 9.47 Å². The van der Waals surface area contributed by atoms with Crippen LogP contribution in [0.1, 0.15) is 44.7 Å². The van der Waals surface area contributed by atoms with Crippen LogP contribution in [0.25, 0.3) is 0 Å². The molecule has 0 aromatic heterocycles. The number of hydrogen-bond acceptors (Lipinski definition) is 4. The zero-order valence-electron chi connectivity index (χ0n) is 17.1. The number of ether oxygens (including phenoxy) is 2. The number of nitrogens with one attached hydrogen (secondary N) is 1. The molecule has 27 heavy (non-hydrogen) atoms. The minimum absolute atomic E-state index is 0.00474. The van der Waals surface area contributed by atoms with Gasteiger partial charge in [-0.1, -0.05) is 17.7 Å². The topological polar surface area (TPSA) is 67.9 Å². The molecule has 0 bridgehead atoms. The maximum absolute atomic E-state index is 12.5. The highest BCUT2D eigenvalue weighted by Gasteiger charge is 2.30. The molecule has 150 valence electrons. The molecule has 0 radical (unpaired) electrons. The summed E-state index contributed by atoms with van der Waals surface area (Å²) in [7, 11) is 1.65. The summed E-state index contributed by atoms with van der Waals surface area (Å²) in [5.74, 6) is 0.643. The molecule has 0 saturated carbocycles. The van der Waals surface area contributed by atoms with Gasteiger partial charge in [0.1, 0.15) is 11.4 Å². The molecule has 1 atom stereocenters. The first-order valence-electron chi connectivity index (χ1n) is 9.59. The highest BCUT2D eigenvalue weighted by atomic mass is 16.6. The third kappa shape index (κ3) is 6.45. The highest BCUT2D eigenvalue weighted by molar-refractivity contribution is 5.80. The predicted octanol–water partition coefficient (Wildman–Crippen LogP) is 3.31. The van der Waals surface area contributed by atoms with Gasteiger partial charge in [0.15, 0.2) is 0 Å². The summed E-state index contributed by atoms with van der Waals surface area (Å²) >= 11 is 0. The molecule has 2 amide bonds. The van der Waals surface area contributed by atoms with Crippen molar-refractivity contribution in [2.24, 2.45) is 5.92 Å². The van der Waals surface area contributed by atoms with Crippen LogP contribution in [0, 0.1) is 12.8 Å². The molecule has 1 aliphatic heterocycles. The van der Waals surface area contributed by atoms with Crippen LogP contribution in [0.4, 0.5) is 4.79 Å². The summed E-state index contributed by atoms with van der Waals surface area (Å²) in [6.07, 6.45) is 1.96. The molecule has 0 unspecified atom stereocenters. The monoisotopic (exact) mass is 376 g/mol. The Bertz CT molecular complexity index is 667. The molecule has 1 N–H and O–H groups in total. The minimum atomic E-state index is -0.529.